The Labute approximate surface area is 123 Å². The van der Waals surface area contributed by atoms with E-state index in [-0.39, 0.29) is 11.4 Å². The van der Waals surface area contributed by atoms with Gasteiger partial charge in [-0.3, -0.25) is 9.97 Å². The zero-order chi connectivity index (χ0) is 15.5. The molecule has 0 aliphatic rings. The lowest BCUT2D eigenvalue weighted by atomic mass is 10.3. The van der Waals surface area contributed by atoms with Crippen molar-refractivity contribution >= 4 is 15.7 Å². The molecule has 3 N–H and O–H groups in total. The lowest BCUT2D eigenvalue weighted by Gasteiger charge is -2.09. The van der Waals surface area contributed by atoms with Crippen molar-refractivity contribution in [3.05, 3.63) is 42.0 Å². The summed E-state index contributed by atoms with van der Waals surface area (Å²) in [4.78, 5) is 8.22. The summed E-state index contributed by atoms with van der Waals surface area (Å²) < 4.78 is 31.9. The van der Waals surface area contributed by atoms with Crippen LogP contribution in [0.4, 0.5) is 5.69 Å². The van der Waals surface area contributed by atoms with Gasteiger partial charge in [0.25, 0.3) is 0 Å². The van der Waals surface area contributed by atoms with Gasteiger partial charge in [-0.25, -0.2) is 13.1 Å². The normalized spacial score (nSPS) is 11.3. The number of aryl methyl sites for hydroxylation is 1. The first kappa shape index (κ1) is 15.2. The standard InChI is InChI=1S/C13H16N4O3S/c1-9-6-16-10(7-15-9)8-17-21(18,19)11-3-4-12(14)13(5-11)20-2/h3-7,17H,8,14H2,1-2H3. The third-order valence-electron chi connectivity index (χ3n) is 2.79. The van der Waals surface area contributed by atoms with Gasteiger partial charge in [-0.1, -0.05) is 0 Å². The highest BCUT2D eigenvalue weighted by molar-refractivity contribution is 7.89. The number of anilines is 1. The summed E-state index contributed by atoms with van der Waals surface area (Å²) in [6.07, 6.45) is 3.11. The Bertz CT molecular complexity index is 730. The van der Waals surface area contributed by atoms with Gasteiger partial charge in [0.15, 0.2) is 0 Å². The number of nitrogens with two attached hydrogens (primary N) is 1. The number of methoxy groups -OCH3 is 1. The van der Waals surface area contributed by atoms with Crippen molar-refractivity contribution in [2.45, 2.75) is 18.4 Å². The monoisotopic (exact) mass is 308 g/mol. The van der Waals surface area contributed by atoms with Gasteiger partial charge in [0.05, 0.1) is 41.8 Å². The van der Waals surface area contributed by atoms with E-state index in [0.29, 0.717) is 17.1 Å². The molecular formula is C13H16N4O3S. The van der Waals surface area contributed by atoms with Crippen LogP contribution >= 0.6 is 0 Å². The Hall–Kier alpha value is -2.19. The van der Waals surface area contributed by atoms with Crippen molar-refractivity contribution in [3.8, 4) is 5.75 Å². The van der Waals surface area contributed by atoms with Crippen LogP contribution in [0.25, 0.3) is 0 Å². The molecule has 2 aromatic rings. The number of benzene rings is 1. The minimum absolute atomic E-state index is 0.0578. The molecule has 0 aliphatic heterocycles. The third-order valence-corrected chi connectivity index (χ3v) is 4.19. The average molecular weight is 308 g/mol. The smallest absolute Gasteiger partial charge is 0.241 e. The number of nitrogens with one attached hydrogen (secondary N) is 1. The molecule has 0 atom stereocenters. The molecule has 2 rings (SSSR count). The quantitative estimate of drug-likeness (QED) is 0.793. The summed E-state index contributed by atoms with van der Waals surface area (Å²) in [6, 6.07) is 4.28. The topological polar surface area (TPSA) is 107 Å². The minimum Gasteiger partial charge on any atom is -0.495 e. The molecule has 0 unspecified atom stereocenters. The highest BCUT2D eigenvalue weighted by atomic mass is 32.2. The van der Waals surface area contributed by atoms with E-state index in [9.17, 15) is 8.42 Å². The van der Waals surface area contributed by atoms with Crippen LogP contribution in [0.1, 0.15) is 11.4 Å². The lowest BCUT2D eigenvalue weighted by Crippen LogP contribution is -2.24. The van der Waals surface area contributed by atoms with E-state index in [1.165, 1.54) is 31.5 Å². The summed E-state index contributed by atoms with van der Waals surface area (Å²) >= 11 is 0. The molecule has 0 saturated heterocycles. The third kappa shape index (κ3) is 3.67. The first-order valence-electron chi connectivity index (χ1n) is 6.13. The van der Waals surface area contributed by atoms with Crippen LogP contribution in [0, 0.1) is 6.92 Å². The van der Waals surface area contributed by atoms with Crippen molar-refractivity contribution in [2.75, 3.05) is 12.8 Å². The molecule has 0 amide bonds. The second-order valence-electron chi connectivity index (χ2n) is 4.38. The number of aromatic nitrogens is 2. The number of rotatable bonds is 5. The van der Waals surface area contributed by atoms with Crippen LogP contribution in [0.3, 0.4) is 0 Å². The zero-order valence-electron chi connectivity index (χ0n) is 11.7. The number of hydrogen-bond acceptors (Lipinski definition) is 6. The van der Waals surface area contributed by atoms with Gasteiger partial charge in [0.2, 0.25) is 10.0 Å². The summed E-state index contributed by atoms with van der Waals surface area (Å²) in [5.41, 5.74) is 7.34. The Morgan fingerprint density at radius 2 is 2.05 bits per heavy atom. The fourth-order valence-electron chi connectivity index (χ4n) is 1.62. The van der Waals surface area contributed by atoms with E-state index in [4.69, 9.17) is 10.5 Å². The van der Waals surface area contributed by atoms with Crippen molar-refractivity contribution in [1.29, 1.82) is 0 Å². The van der Waals surface area contributed by atoms with Gasteiger partial charge in [-0.05, 0) is 19.1 Å². The zero-order valence-corrected chi connectivity index (χ0v) is 12.5. The largest absolute Gasteiger partial charge is 0.495 e. The SMILES string of the molecule is COc1cc(S(=O)(=O)NCc2cnc(C)cn2)ccc1N. The molecule has 1 aromatic carbocycles. The fourth-order valence-corrected chi connectivity index (χ4v) is 2.64. The molecule has 8 heteroatoms. The average Bonchev–Trinajstić information content (AvgIpc) is 2.47. The first-order valence-corrected chi connectivity index (χ1v) is 7.61. The number of nitrogens with zero attached hydrogens (tertiary/aromatic N) is 2. The number of hydrogen-bond donors (Lipinski definition) is 2. The van der Waals surface area contributed by atoms with Crippen LogP contribution < -0.4 is 15.2 Å². The maximum atomic E-state index is 12.2. The molecule has 7 nitrogen and oxygen atoms in total. The molecule has 1 aromatic heterocycles. The van der Waals surface area contributed by atoms with Crippen molar-refractivity contribution in [3.63, 3.8) is 0 Å². The highest BCUT2D eigenvalue weighted by Crippen LogP contribution is 2.24. The first-order chi connectivity index (χ1) is 9.92. The van der Waals surface area contributed by atoms with Crippen molar-refractivity contribution in [1.82, 2.24) is 14.7 Å². The summed E-state index contributed by atoms with van der Waals surface area (Å²) in [7, 11) is -2.24. The molecule has 21 heavy (non-hydrogen) atoms. The lowest BCUT2D eigenvalue weighted by molar-refractivity contribution is 0.415. The maximum absolute atomic E-state index is 12.2. The van der Waals surface area contributed by atoms with E-state index in [2.05, 4.69) is 14.7 Å². The molecule has 0 saturated carbocycles. The summed E-state index contributed by atoms with van der Waals surface area (Å²) in [5.74, 6) is 0.313. The summed E-state index contributed by atoms with van der Waals surface area (Å²) in [5, 5.41) is 0. The van der Waals surface area contributed by atoms with Gasteiger partial charge in [-0.2, -0.15) is 0 Å². The van der Waals surface area contributed by atoms with Crippen molar-refractivity contribution < 1.29 is 13.2 Å². The van der Waals surface area contributed by atoms with Gasteiger partial charge in [0, 0.05) is 12.3 Å². The molecular weight excluding hydrogens is 292 g/mol. The molecule has 0 bridgehead atoms. The Morgan fingerprint density at radius 1 is 1.29 bits per heavy atom. The van der Waals surface area contributed by atoms with Gasteiger partial charge in [0.1, 0.15) is 5.75 Å². The van der Waals surface area contributed by atoms with Crippen LogP contribution in [0.5, 0.6) is 5.75 Å². The predicted octanol–water partition coefficient (Wildman–Crippen LogP) is 0.854. The second kappa shape index (κ2) is 6.06. The number of nitrogen functional groups attached to an aromatic ring is 1. The van der Waals surface area contributed by atoms with Gasteiger partial charge >= 0.3 is 0 Å². The van der Waals surface area contributed by atoms with Crippen LogP contribution in [-0.4, -0.2) is 25.5 Å². The van der Waals surface area contributed by atoms with E-state index < -0.39 is 10.0 Å². The van der Waals surface area contributed by atoms with E-state index >= 15 is 0 Å². The molecule has 0 spiro atoms. The Morgan fingerprint density at radius 3 is 2.67 bits per heavy atom. The fraction of sp³-hybridized carbons (Fsp3) is 0.231. The van der Waals surface area contributed by atoms with Crippen LogP contribution in [0.2, 0.25) is 0 Å². The van der Waals surface area contributed by atoms with Gasteiger partial charge < -0.3 is 10.5 Å². The van der Waals surface area contributed by atoms with Crippen LogP contribution in [0.15, 0.2) is 35.5 Å². The Balaban J connectivity index is 2.16. The Kier molecular flexibility index (Phi) is 4.39. The summed E-state index contributed by atoms with van der Waals surface area (Å²) in [6.45, 7) is 1.86. The van der Waals surface area contributed by atoms with E-state index in [1.54, 1.807) is 6.20 Å². The highest BCUT2D eigenvalue weighted by Gasteiger charge is 2.16. The molecule has 112 valence electrons. The van der Waals surface area contributed by atoms with Crippen molar-refractivity contribution in [2.24, 2.45) is 0 Å². The number of sulfonamides is 1. The molecule has 1 heterocycles. The second-order valence-corrected chi connectivity index (χ2v) is 6.14. The van der Waals surface area contributed by atoms with E-state index in [1.807, 2.05) is 6.92 Å². The number of ether oxygens (including phenoxy) is 1. The minimum atomic E-state index is -3.67. The predicted molar refractivity (Wildman–Crippen MR) is 78.2 cm³/mol. The van der Waals surface area contributed by atoms with E-state index in [0.717, 1.165) is 5.69 Å². The van der Waals surface area contributed by atoms with Gasteiger partial charge in [-0.15, -0.1) is 0 Å². The molecule has 0 aliphatic carbocycles. The van der Waals surface area contributed by atoms with Crippen LogP contribution in [-0.2, 0) is 16.6 Å². The maximum Gasteiger partial charge on any atom is 0.241 e. The molecule has 0 radical (unpaired) electrons. The molecule has 0 fully saturated rings.